The third-order valence-corrected chi connectivity index (χ3v) is 13.5. The summed E-state index contributed by atoms with van der Waals surface area (Å²) in [5, 5.41) is 0. The maximum Gasteiger partial charge on any atom is 3.00 e. The van der Waals surface area contributed by atoms with Crippen LogP contribution in [0.15, 0.2) is 231 Å². The minimum absolute atomic E-state index is 0. The third-order valence-electron chi connectivity index (χ3n) is 13.5. The van der Waals surface area contributed by atoms with Crippen LogP contribution in [0.4, 0.5) is 0 Å². The van der Waals surface area contributed by atoms with Crippen molar-refractivity contribution in [3.05, 3.63) is 282 Å². The molecule has 0 unspecified atom stereocenters. The molecular formula is C69H52IrN3. The van der Waals surface area contributed by atoms with Gasteiger partial charge in [0.15, 0.2) is 0 Å². The summed E-state index contributed by atoms with van der Waals surface area (Å²) in [4.78, 5) is 14.0. The number of nitrogens with zero attached hydrogens (tertiary/aromatic N) is 3. The Morgan fingerprint density at radius 2 is 0.836 bits per heavy atom. The van der Waals surface area contributed by atoms with Crippen LogP contribution >= 0.6 is 0 Å². The number of hydrogen-bond acceptors (Lipinski definition) is 3. The van der Waals surface area contributed by atoms with Crippen molar-refractivity contribution in [1.82, 2.24) is 15.0 Å². The van der Waals surface area contributed by atoms with Crippen molar-refractivity contribution in [1.29, 1.82) is 0 Å². The van der Waals surface area contributed by atoms with Crippen molar-refractivity contribution >= 4 is 0 Å². The molecule has 0 radical (unpaired) electrons. The zero-order valence-corrected chi connectivity index (χ0v) is 43.3. The predicted octanol–water partition coefficient (Wildman–Crippen LogP) is 16.8. The van der Waals surface area contributed by atoms with E-state index < -0.39 is 0 Å². The van der Waals surface area contributed by atoms with E-state index in [0.29, 0.717) is 0 Å². The van der Waals surface area contributed by atoms with Gasteiger partial charge in [-0.3, -0.25) is 0 Å². The number of benzene rings is 8. The molecule has 0 saturated heterocycles. The summed E-state index contributed by atoms with van der Waals surface area (Å²) < 4.78 is 0. The molecule has 352 valence electrons. The Morgan fingerprint density at radius 3 is 1.42 bits per heavy atom. The Labute approximate surface area is 443 Å². The molecular weight excluding hydrogens is 1060 g/mol. The second-order valence-corrected chi connectivity index (χ2v) is 18.7. The summed E-state index contributed by atoms with van der Waals surface area (Å²) in [6, 6.07) is 86.8. The first-order valence-corrected chi connectivity index (χ1v) is 24.8. The smallest absolute Gasteiger partial charge is 0.305 e. The predicted molar refractivity (Wildman–Crippen MR) is 297 cm³/mol. The molecule has 0 atom stereocenters. The van der Waals surface area contributed by atoms with Crippen molar-refractivity contribution < 1.29 is 20.1 Å². The fraction of sp³-hybridized carbons (Fsp3) is 0.0870. The van der Waals surface area contributed by atoms with Crippen molar-refractivity contribution in [2.45, 2.75) is 39.5 Å². The maximum atomic E-state index is 4.93. The van der Waals surface area contributed by atoms with Crippen LogP contribution in [0.5, 0.6) is 0 Å². The van der Waals surface area contributed by atoms with E-state index in [2.05, 4.69) is 218 Å². The van der Waals surface area contributed by atoms with Crippen molar-refractivity contribution in [3.8, 4) is 89.4 Å². The molecule has 3 aromatic heterocycles. The van der Waals surface area contributed by atoms with E-state index in [1.54, 1.807) is 0 Å². The van der Waals surface area contributed by atoms with Gasteiger partial charge in [-0.15, -0.1) is 94.5 Å². The van der Waals surface area contributed by atoms with Gasteiger partial charge in [-0.2, -0.15) is 0 Å². The van der Waals surface area contributed by atoms with Crippen molar-refractivity contribution in [3.63, 3.8) is 0 Å². The number of aryl methyl sites for hydroxylation is 6. The van der Waals surface area contributed by atoms with Gasteiger partial charge in [0, 0.05) is 18.6 Å². The number of rotatable bonds is 14. The Kier molecular flexibility index (Phi) is 15.0. The van der Waals surface area contributed by atoms with Gasteiger partial charge >= 0.3 is 20.1 Å². The number of aromatic nitrogens is 3. The standard InChI is InChI=1S/C69H52N3.Ir/c1-48-40-49(2)42-61(41-48)59-36-39-72-69(47-59)60-34-35-65(66(46-60)56-32-30-55(31-33-56)54-12-4-3-5-13-54)64-15-7-6-14-63(64)62-44-52(20-18-50-22-26-57(27-23-50)67-16-8-10-37-70-67)43-53(45-62)21-19-51-24-28-58(29-25-51)68-17-9-11-38-71-68;/h3-17,22-26,28,30-33,35-47H,18-21H2,1-2H3;/q-3;+3. The van der Waals surface area contributed by atoms with E-state index in [1.807, 2.05) is 55.0 Å². The molecule has 11 rings (SSSR count). The SMILES string of the molecule is Cc1cc(C)cc(-c2ccnc(-c3[c-]cc(-c4ccccc4-c4cc(CCc5c[c-]c(-c6ccccn6)cc5)cc(CCc5c[c-]c(-c6ccccn6)cc5)c4)c(-c4ccc(-c5ccccc5)cc4)c3)c2)c1.[Ir+3]. The van der Waals surface area contributed by atoms with E-state index in [9.17, 15) is 0 Å². The average Bonchev–Trinajstić information content (AvgIpc) is 3.44. The monoisotopic (exact) mass is 1120 g/mol. The van der Waals surface area contributed by atoms with Crippen LogP contribution in [-0.2, 0) is 45.8 Å². The molecule has 0 N–H and O–H groups in total. The van der Waals surface area contributed by atoms with Gasteiger partial charge in [-0.1, -0.05) is 186 Å². The van der Waals surface area contributed by atoms with E-state index >= 15 is 0 Å². The van der Waals surface area contributed by atoms with Gasteiger partial charge in [0.1, 0.15) is 0 Å². The van der Waals surface area contributed by atoms with E-state index in [0.717, 1.165) is 87.3 Å². The van der Waals surface area contributed by atoms with E-state index in [-0.39, 0.29) is 20.1 Å². The zero-order chi connectivity index (χ0) is 48.6. The molecule has 3 heterocycles. The van der Waals surface area contributed by atoms with Crippen LogP contribution in [0.2, 0.25) is 0 Å². The van der Waals surface area contributed by atoms with Gasteiger partial charge in [-0.25, -0.2) is 0 Å². The summed E-state index contributed by atoms with van der Waals surface area (Å²) in [7, 11) is 0. The molecule has 0 saturated carbocycles. The van der Waals surface area contributed by atoms with Gasteiger partial charge in [0.25, 0.3) is 0 Å². The van der Waals surface area contributed by atoms with Crippen LogP contribution in [-0.4, -0.2) is 15.0 Å². The first-order valence-electron chi connectivity index (χ1n) is 24.8. The second-order valence-electron chi connectivity index (χ2n) is 18.7. The summed E-state index contributed by atoms with van der Waals surface area (Å²) >= 11 is 0. The first-order chi connectivity index (χ1) is 35.5. The van der Waals surface area contributed by atoms with Crippen LogP contribution in [0.1, 0.15) is 33.4 Å². The molecule has 0 amide bonds. The van der Waals surface area contributed by atoms with E-state index in [1.165, 1.54) is 61.2 Å². The largest absolute Gasteiger partial charge is 3.00 e. The molecule has 11 aromatic rings. The normalized spacial score (nSPS) is 11.0. The molecule has 0 bridgehead atoms. The van der Waals surface area contributed by atoms with Crippen LogP contribution in [0.3, 0.4) is 0 Å². The average molecular weight is 1120 g/mol. The Balaban J connectivity index is 0.00000611. The van der Waals surface area contributed by atoms with E-state index in [4.69, 9.17) is 4.98 Å². The van der Waals surface area contributed by atoms with Crippen molar-refractivity contribution in [2.24, 2.45) is 0 Å². The third kappa shape index (κ3) is 11.5. The molecule has 0 aliphatic carbocycles. The summed E-state index contributed by atoms with van der Waals surface area (Å²) in [5.74, 6) is 0. The topological polar surface area (TPSA) is 38.7 Å². The summed E-state index contributed by atoms with van der Waals surface area (Å²) in [5.41, 5.74) is 24.9. The fourth-order valence-corrected chi connectivity index (χ4v) is 9.81. The molecule has 0 spiro atoms. The van der Waals surface area contributed by atoms with Gasteiger partial charge in [0.05, 0.1) is 0 Å². The number of pyridine rings is 3. The molecule has 4 heteroatoms. The van der Waals surface area contributed by atoms with Crippen LogP contribution in [0.25, 0.3) is 89.4 Å². The first kappa shape index (κ1) is 48.5. The molecule has 0 fully saturated rings. The summed E-state index contributed by atoms with van der Waals surface area (Å²) in [6.07, 6.45) is 9.15. The van der Waals surface area contributed by atoms with Gasteiger partial charge in [-0.05, 0) is 112 Å². The Bertz CT molecular complexity index is 3480. The Hall–Kier alpha value is -8.14. The van der Waals surface area contributed by atoms with Gasteiger partial charge in [0.2, 0.25) is 0 Å². The van der Waals surface area contributed by atoms with Crippen LogP contribution < -0.4 is 0 Å². The molecule has 8 aromatic carbocycles. The molecule has 3 nitrogen and oxygen atoms in total. The number of hydrogen-bond donors (Lipinski definition) is 0. The molecule has 0 aliphatic rings. The fourth-order valence-electron chi connectivity index (χ4n) is 9.81. The van der Waals surface area contributed by atoms with Crippen LogP contribution in [0, 0.1) is 32.0 Å². The van der Waals surface area contributed by atoms with Crippen molar-refractivity contribution in [2.75, 3.05) is 0 Å². The zero-order valence-electron chi connectivity index (χ0n) is 40.9. The minimum Gasteiger partial charge on any atom is -0.305 e. The van der Waals surface area contributed by atoms with Gasteiger partial charge < -0.3 is 15.0 Å². The minimum atomic E-state index is 0. The Morgan fingerprint density at radius 1 is 0.301 bits per heavy atom. The molecule has 73 heavy (non-hydrogen) atoms. The summed E-state index contributed by atoms with van der Waals surface area (Å²) in [6.45, 7) is 4.31. The molecule has 0 aliphatic heterocycles. The second kappa shape index (κ2) is 22.5. The quantitative estimate of drug-likeness (QED) is 0.102. The maximum absolute atomic E-state index is 4.93.